The average molecular weight is 336 g/mol. The predicted molar refractivity (Wildman–Crippen MR) is 84.3 cm³/mol. The summed E-state index contributed by atoms with van der Waals surface area (Å²) >= 11 is 3.54. The maximum absolute atomic E-state index is 5.62. The summed E-state index contributed by atoms with van der Waals surface area (Å²) in [6.07, 6.45) is 0. The highest BCUT2D eigenvalue weighted by Gasteiger charge is 2.01. The van der Waals surface area contributed by atoms with Crippen LogP contribution < -0.4 is 14.8 Å². The van der Waals surface area contributed by atoms with Gasteiger partial charge in [-0.05, 0) is 35.9 Å². The Labute approximate surface area is 128 Å². The number of ether oxygens (including phenoxy) is 2. The molecule has 0 saturated carbocycles. The summed E-state index contributed by atoms with van der Waals surface area (Å²) in [4.78, 5) is 0. The molecule has 2 rings (SSSR count). The van der Waals surface area contributed by atoms with Crippen LogP contribution in [0, 0.1) is 0 Å². The van der Waals surface area contributed by atoms with Crippen molar-refractivity contribution < 1.29 is 9.47 Å². The Morgan fingerprint density at radius 3 is 2.60 bits per heavy atom. The summed E-state index contributed by atoms with van der Waals surface area (Å²) in [7, 11) is 1.67. The number of nitrogens with one attached hydrogen (secondary N) is 1. The quantitative estimate of drug-likeness (QED) is 0.784. The van der Waals surface area contributed by atoms with Gasteiger partial charge in [-0.25, -0.2) is 0 Å². The van der Waals surface area contributed by atoms with Crippen LogP contribution in [0.15, 0.2) is 53.0 Å². The molecule has 0 aliphatic rings. The van der Waals surface area contributed by atoms with Crippen LogP contribution in [0.3, 0.4) is 0 Å². The van der Waals surface area contributed by atoms with E-state index in [9.17, 15) is 0 Å². The topological polar surface area (TPSA) is 30.5 Å². The lowest BCUT2D eigenvalue weighted by atomic mass is 10.2. The number of halogens is 1. The number of hydrogen-bond acceptors (Lipinski definition) is 3. The molecule has 0 bridgehead atoms. The molecule has 0 saturated heterocycles. The fourth-order valence-electron chi connectivity index (χ4n) is 1.79. The van der Waals surface area contributed by atoms with Gasteiger partial charge < -0.3 is 14.8 Å². The average Bonchev–Trinajstić information content (AvgIpc) is 2.50. The van der Waals surface area contributed by atoms with E-state index in [1.165, 1.54) is 5.56 Å². The predicted octanol–water partition coefficient (Wildman–Crippen LogP) is 3.63. The van der Waals surface area contributed by atoms with Crippen LogP contribution in [-0.4, -0.2) is 20.3 Å². The first-order valence-electron chi connectivity index (χ1n) is 6.50. The smallest absolute Gasteiger partial charge is 0.119 e. The molecule has 0 aliphatic carbocycles. The third-order valence-electron chi connectivity index (χ3n) is 2.86. The van der Waals surface area contributed by atoms with Gasteiger partial charge >= 0.3 is 0 Å². The molecule has 2 aromatic carbocycles. The van der Waals surface area contributed by atoms with Gasteiger partial charge in [-0.2, -0.15) is 0 Å². The van der Waals surface area contributed by atoms with Gasteiger partial charge in [0.15, 0.2) is 0 Å². The number of hydrogen-bond donors (Lipinski definition) is 1. The van der Waals surface area contributed by atoms with E-state index in [0.29, 0.717) is 6.61 Å². The number of methoxy groups -OCH3 is 1. The second-order valence-corrected chi connectivity index (χ2v) is 5.15. The molecule has 2 aromatic rings. The molecule has 0 fully saturated rings. The molecular formula is C16H18BrNO2. The van der Waals surface area contributed by atoms with E-state index >= 15 is 0 Å². The second kappa shape index (κ2) is 7.92. The molecule has 20 heavy (non-hydrogen) atoms. The van der Waals surface area contributed by atoms with Crippen LogP contribution in [0.25, 0.3) is 0 Å². The molecule has 0 spiro atoms. The Hall–Kier alpha value is -1.52. The van der Waals surface area contributed by atoms with Crippen molar-refractivity contribution in [3.63, 3.8) is 0 Å². The highest BCUT2D eigenvalue weighted by molar-refractivity contribution is 9.10. The van der Waals surface area contributed by atoms with Gasteiger partial charge in [0.2, 0.25) is 0 Å². The van der Waals surface area contributed by atoms with E-state index in [4.69, 9.17) is 9.47 Å². The third-order valence-corrected chi connectivity index (χ3v) is 3.63. The van der Waals surface area contributed by atoms with Gasteiger partial charge in [0, 0.05) is 17.6 Å². The molecule has 3 nitrogen and oxygen atoms in total. The summed E-state index contributed by atoms with van der Waals surface area (Å²) in [6.45, 7) is 2.21. The van der Waals surface area contributed by atoms with Crippen molar-refractivity contribution in [3.8, 4) is 11.5 Å². The zero-order valence-corrected chi connectivity index (χ0v) is 13.0. The van der Waals surface area contributed by atoms with Gasteiger partial charge in [0.05, 0.1) is 7.11 Å². The first-order chi connectivity index (χ1) is 9.79. The number of rotatable bonds is 7. The van der Waals surface area contributed by atoms with E-state index < -0.39 is 0 Å². The lowest BCUT2D eigenvalue weighted by Crippen LogP contribution is -2.20. The molecule has 1 N–H and O–H groups in total. The van der Waals surface area contributed by atoms with E-state index in [0.717, 1.165) is 29.1 Å². The molecule has 0 aliphatic heterocycles. The number of para-hydroxylation sites is 1. The van der Waals surface area contributed by atoms with E-state index in [2.05, 4.69) is 21.2 Å². The van der Waals surface area contributed by atoms with E-state index in [-0.39, 0.29) is 0 Å². The van der Waals surface area contributed by atoms with E-state index in [1.54, 1.807) is 7.11 Å². The minimum Gasteiger partial charge on any atom is -0.497 e. The van der Waals surface area contributed by atoms with Gasteiger partial charge in [0.25, 0.3) is 0 Å². The van der Waals surface area contributed by atoms with Crippen molar-refractivity contribution in [2.75, 3.05) is 20.3 Å². The van der Waals surface area contributed by atoms with Crippen molar-refractivity contribution in [2.24, 2.45) is 0 Å². The normalized spacial score (nSPS) is 10.3. The lowest BCUT2D eigenvalue weighted by Gasteiger charge is -2.10. The molecular weight excluding hydrogens is 318 g/mol. The van der Waals surface area contributed by atoms with Crippen molar-refractivity contribution in [3.05, 3.63) is 58.6 Å². The SMILES string of the molecule is COc1ccc(Br)c(CNCCOc2ccccc2)c1. The van der Waals surface area contributed by atoms with Crippen molar-refractivity contribution in [1.82, 2.24) is 5.32 Å². The molecule has 0 aromatic heterocycles. The Bertz CT molecular complexity index is 531. The zero-order valence-electron chi connectivity index (χ0n) is 11.4. The monoisotopic (exact) mass is 335 g/mol. The van der Waals surface area contributed by atoms with E-state index in [1.807, 2.05) is 48.5 Å². The van der Waals surface area contributed by atoms with Gasteiger partial charge in [-0.3, -0.25) is 0 Å². The first kappa shape index (κ1) is 14.9. The molecule has 0 radical (unpaired) electrons. The van der Waals surface area contributed by atoms with Crippen LogP contribution >= 0.6 is 15.9 Å². The molecule has 0 heterocycles. The van der Waals surface area contributed by atoms with Gasteiger partial charge in [0.1, 0.15) is 18.1 Å². The van der Waals surface area contributed by atoms with Gasteiger partial charge in [-0.1, -0.05) is 34.1 Å². The fraction of sp³-hybridized carbons (Fsp3) is 0.250. The first-order valence-corrected chi connectivity index (χ1v) is 7.30. The Morgan fingerprint density at radius 2 is 1.85 bits per heavy atom. The fourth-order valence-corrected chi connectivity index (χ4v) is 2.18. The minimum absolute atomic E-state index is 0.644. The van der Waals surface area contributed by atoms with Crippen LogP contribution in [0.4, 0.5) is 0 Å². The third kappa shape index (κ3) is 4.54. The summed E-state index contributed by atoms with van der Waals surface area (Å²) < 4.78 is 11.9. The van der Waals surface area contributed by atoms with Crippen LogP contribution in [0.1, 0.15) is 5.56 Å². The number of benzene rings is 2. The van der Waals surface area contributed by atoms with Crippen molar-refractivity contribution >= 4 is 15.9 Å². The maximum atomic E-state index is 5.62. The zero-order chi connectivity index (χ0) is 14.2. The van der Waals surface area contributed by atoms with Crippen LogP contribution in [0.2, 0.25) is 0 Å². The van der Waals surface area contributed by atoms with Crippen molar-refractivity contribution in [1.29, 1.82) is 0 Å². The lowest BCUT2D eigenvalue weighted by molar-refractivity contribution is 0.313. The summed E-state index contributed by atoms with van der Waals surface area (Å²) in [5.74, 6) is 1.77. The Kier molecular flexibility index (Phi) is 5.89. The molecule has 0 atom stereocenters. The molecule has 0 unspecified atom stereocenters. The Morgan fingerprint density at radius 1 is 1.05 bits per heavy atom. The summed E-state index contributed by atoms with van der Waals surface area (Å²) in [6, 6.07) is 15.8. The van der Waals surface area contributed by atoms with Crippen LogP contribution in [-0.2, 0) is 6.54 Å². The second-order valence-electron chi connectivity index (χ2n) is 4.30. The van der Waals surface area contributed by atoms with Crippen LogP contribution in [0.5, 0.6) is 11.5 Å². The van der Waals surface area contributed by atoms with Crippen molar-refractivity contribution in [2.45, 2.75) is 6.54 Å². The minimum atomic E-state index is 0.644. The summed E-state index contributed by atoms with van der Waals surface area (Å²) in [5, 5.41) is 3.35. The molecule has 0 amide bonds. The highest BCUT2D eigenvalue weighted by atomic mass is 79.9. The van der Waals surface area contributed by atoms with Gasteiger partial charge in [-0.15, -0.1) is 0 Å². The molecule has 4 heteroatoms. The highest BCUT2D eigenvalue weighted by Crippen LogP contribution is 2.22. The maximum Gasteiger partial charge on any atom is 0.119 e. The summed E-state index contributed by atoms with van der Waals surface area (Å²) in [5.41, 5.74) is 1.17. The molecule has 106 valence electrons. The Balaban J connectivity index is 1.73. The largest absolute Gasteiger partial charge is 0.497 e. The standard InChI is InChI=1S/C16H18BrNO2/c1-19-15-7-8-16(17)13(11-15)12-18-9-10-20-14-5-3-2-4-6-14/h2-8,11,18H,9-10,12H2,1H3.